The number of halogens is 1. The zero-order valence-corrected chi connectivity index (χ0v) is 15.7. The predicted molar refractivity (Wildman–Crippen MR) is 98.4 cm³/mol. The van der Waals surface area contributed by atoms with E-state index in [4.69, 9.17) is 20.8 Å². The van der Waals surface area contributed by atoms with Crippen molar-refractivity contribution in [3.8, 4) is 5.75 Å². The summed E-state index contributed by atoms with van der Waals surface area (Å²) in [7, 11) is 3.25. The molecule has 1 unspecified atom stereocenters. The van der Waals surface area contributed by atoms with Crippen LogP contribution in [0.4, 0.5) is 5.69 Å². The number of nitrogens with zero attached hydrogens (tertiary/aromatic N) is 2. The molecule has 2 amide bonds. The molecule has 6 nitrogen and oxygen atoms in total. The van der Waals surface area contributed by atoms with Gasteiger partial charge in [0.05, 0.1) is 25.3 Å². The molecule has 0 N–H and O–H groups in total. The molecule has 7 heteroatoms. The highest BCUT2D eigenvalue weighted by molar-refractivity contribution is 6.31. The number of hydrogen-bond donors (Lipinski definition) is 0. The molecule has 1 atom stereocenters. The fraction of sp³-hybridized carbons (Fsp3) is 0.368. The standard InChI is InChI=1S/C19H21ClN2O4/c1-12-4-6-15(26-12)11-21(2)19(24)13-8-18(23)22(10-13)16-9-14(20)5-7-17(16)25-3/h4-7,9,13H,8,10-11H2,1-3H3. The van der Waals surface area contributed by atoms with Crippen LogP contribution in [0.25, 0.3) is 0 Å². The number of carbonyl (C=O) groups excluding carboxylic acids is 2. The van der Waals surface area contributed by atoms with Gasteiger partial charge in [0.1, 0.15) is 17.3 Å². The molecule has 1 aliphatic rings. The molecule has 0 aliphatic carbocycles. The first-order valence-electron chi connectivity index (χ1n) is 8.33. The Bertz CT molecular complexity index is 833. The number of aryl methyl sites for hydroxylation is 1. The summed E-state index contributed by atoms with van der Waals surface area (Å²) in [5.74, 6) is 1.46. The van der Waals surface area contributed by atoms with Gasteiger partial charge in [0, 0.05) is 25.0 Å². The predicted octanol–water partition coefficient (Wildman–Crippen LogP) is 3.26. The maximum atomic E-state index is 12.7. The molecule has 2 heterocycles. The van der Waals surface area contributed by atoms with Crippen LogP contribution in [0.2, 0.25) is 5.02 Å². The van der Waals surface area contributed by atoms with Gasteiger partial charge in [-0.15, -0.1) is 0 Å². The van der Waals surface area contributed by atoms with Crippen molar-refractivity contribution in [2.45, 2.75) is 19.9 Å². The largest absolute Gasteiger partial charge is 0.495 e. The number of benzene rings is 1. The van der Waals surface area contributed by atoms with Crippen LogP contribution < -0.4 is 9.64 Å². The van der Waals surface area contributed by atoms with Crippen LogP contribution in [0.5, 0.6) is 5.75 Å². The molecule has 3 rings (SSSR count). The molecule has 1 fully saturated rings. The second kappa shape index (κ2) is 7.41. The van der Waals surface area contributed by atoms with Gasteiger partial charge in [0.15, 0.2) is 0 Å². The van der Waals surface area contributed by atoms with Crippen LogP contribution in [-0.2, 0) is 16.1 Å². The maximum absolute atomic E-state index is 12.7. The third kappa shape index (κ3) is 3.70. The van der Waals surface area contributed by atoms with Crippen LogP contribution in [0.1, 0.15) is 17.9 Å². The van der Waals surface area contributed by atoms with Crippen LogP contribution in [0.15, 0.2) is 34.7 Å². The van der Waals surface area contributed by atoms with Crippen molar-refractivity contribution in [2.24, 2.45) is 5.92 Å². The van der Waals surface area contributed by atoms with Gasteiger partial charge in [-0.3, -0.25) is 9.59 Å². The normalized spacial score (nSPS) is 16.8. The number of methoxy groups -OCH3 is 1. The Morgan fingerprint density at radius 2 is 2.15 bits per heavy atom. The summed E-state index contributed by atoms with van der Waals surface area (Å²) in [6.07, 6.45) is 0.163. The van der Waals surface area contributed by atoms with Crippen molar-refractivity contribution in [3.05, 3.63) is 46.9 Å². The van der Waals surface area contributed by atoms with E-state index in [-0.39, 0.29) is 18.2 Å². The molecule has 1 aromatic heterocycles. The number of furan rings is 1. The smallest absolute Gasteiger partial charge is 0.228 e. The molecule has 1 aromatic carbocycles. The lowest BCUT2D eigenvalue weighted by Crippen LogP contribution is -2.34. The van der Waals surface area contributed by atoms with E-state index < -0.39 is 5.92 Å². The third-order valence-electron chi connectivity index (χ3n) is 4.47. The average molecular weight is 377 g/mol. The fourth-order valence-corrected chi connectivity index (χ4v) is 3.34. The molecule has 0 spiro atoms. The minimum atomic E-state index is -0.410. The van der Waals surface area contributed by atoms with Crippen molar-refractivity contribution in [1.29, 1.82) is 0 Å². The van der Waals surface area contributed by atoms with Gasteiger partial charge in [-0.05, 0) is 37.3 Å². The highest BCUT2D eigenvalue weighted by Gasteiger charge is 2.37. The van der Waals surface area contributed by atoms with Crippen LogP contribution in [0, 0.1) is 12.8 Å². The quantitative estimate of drug-likeness (QED) is 0.803. The summed E-state index contributed by atoms with van der Waals surface area (Å²) in [6, 6.07) is 8.81. The van der Waals surface area contributed by atoms with E-state index in [9.17, 15) is 9.59 Å². The number of rotatable bonds is 5. The Morgan fingerprint density at radius 1 is 1.38 bits per heavy atom. The molecule has 1 saturated heterocycles. The van der Waals surface area contributed by atoms with Gasteiger partial charge in [-0.1, -0.05) is 11.6 Å². The summed E-state index contributed by atoms with van der Waals surface area (Å²) in [6.45, 7) is 2.53. The molecular weight excluding hydrogens is 356 g/mol. The minimum Gasteiger partial charge on any atom is -0.495 e. The summed E-state index contributed by atoms with van der Waals surface area (Å²) >= 11 is 6.06. The second-order valence-corrected chi connectivity index (χ2v) is 6.86. The molecule has 2 aromatic rings. The van der Waals surface area contributed by atoms with Gasteiger partial charge in [-0.25, -0.2) is 0 Å². The van der Waals surface area contributed by atoms with E-state index in [1.54, 1.807) is 35.0 Å². The van der Waals surface area contributed by atoms with Crippen LogP contribution in [0.3, 0.4) is 0 Å². The Kier molecular flexibility index (Phi) is 5.23. The number of anilines is 1. The first-order valence-corrected chi connectivity index (χ1v) is 8.71. The molecular formula is C19H21ClN2O4. The van der Waals surface area contributed by atoms with Gasteiger partial charge < -0.3 is 19.0 Å². The van der Waals surface area contributed by atoms with Crippen molar-refractivity contribution in [2.75, 3.05) is 25.6 Å². The Balaban J connectivity index is 1.73. The highest BCUT2D eigenvalue weighted by Crippen LogP contribution is 2.35. The van der Waals surface area contributed by atoms with E-state index in [1.807, 2.05) is 19.1 Å². The number of amides is 2. The average Bonchev–Trinajstić information content (AvgIpc) is 3.19. The van der Waals surface area contributed by atoms with Gasteiger partial charge in [0.25, 0.3) is 0 Å². The third-order valence-corrected chi connectivity index (χ3v) is 4.71. The summed E-state index contributed by atoms with van der Waals surface area (Å²) in [4.78, 5) is 28.4. The summed E-state index contributed by atoms with van der Waals surface area (Å²) in [5, 5.41) is 0.508. The van der Waals surface area contributed by atoms with Crippen molar-refractivity contribution >= 4 is 29.1 Å². The lowest BCUT2D eigenvalue weighted by molar-refractivity contribution is -0.135. The fourth-order valence-electron chi connectivity index (χ4n) is 3.17. The molecule has 0 saturated carbocycles. The van der Waals surface area contributed by atoms with Crippen molar-refractivity contribution < 1.29 is 18.7 Å². The van der Waals surface area contributed by atoms with E-state index in [2.05, 4.69) is 0 Å². The molecule has 0 radical (unpaired) electrons. The summed E-state index contributed by atoms with van der Waals surface area (Å²) in [5.41, 5.74) is 0.588. The van der Waals surface area contributed by atoms with Gasteiger partial charge >= 0.3 is 0 Å². The zero-order chi connectivity index (χ0) is 18.8. The van der Waals surface area contributed by atoms with E-state index in [0.29, 0.717) is 29.5 Å². The van der Waals surface area contributed by atoms with E-state index in [1.165, 1.54) is 7.11 Å². The summed E-state index contributed by atoms with van der Waals surface area (Å²) < 4.78 is 10.8. The first kappa shape index (κ1) is 18.3. The van der Waals surface area contributed by atoms with Gasteiger partial charge in [-0.2, -0.15) is 0 Å². The monoisotopic (exact) mass is 376 g/mol. The Morgan fingerprint density at radius 3 is 2.81 bits per heavy atom. The number of ether oxygens (including phenoxy) is 1. The second-order valence-electron chi connectivity index (χ2n) is 6.43. The molecule has 26 heavy (non-hydrogen) atoms. The maximum Gasteiger partial charge on any atom is 0.228 e. The van der Waals surface area contributed by atoms with Crippen molar-refractivity contribution in [1.82, 2.24) is 4.90 Å². The van der Waals surface area contributed by atoms with E-state index in [0.717, 1.165) is 11.5 Å². The molecule has 0 bridgehead atoms. The number of carbonyl (C=O) groups is 2. The van der Waals surface area contributed by atoms with Crippen LogP contribution >= 0.6 is 11.6 Å². The Labute approximate surface area is 157 Å². The minimum absolute atomic E-state index is 0.0871. The zero-order valence-electron chi connectivity index (χ0n) is 15.0. The lowest BCUT2D eigenvalue weighted by Gasteiger charge is -2.22. The van der Waals surface area contributed by atoms with Gasteiger partial charge in [0.2, 0.25) is 11.8 Å². The first-order chi connectivity index (χ1) is 12.4. The topological polar surface area (TPSA) is 63.0 Å². The van der Waals surface area contributed by atoms with Crippen molar-refractivity contribution in [3.63, 3.8) is 0 Å². The molecule has 1 aliphatic heterocycles. The lowest BCUT2D eigenvalue weighted by atomic mass is 10.1. The SMILES string of the molecule is COc1ccc(Cl)cc1N1CC(C(=O)N(C)Cc2ccc(C)o2)CC1=O. The van der Waals surface area contributed by atoms with Crippen LogP contribution in [-0.4, -0.2) is 37.4 Å². The highest BCUT2D eigenvalue weighted by atomic mass is 35.5. The van der Waals surface area contributed by atoms with E-state index >= 15 is 0 Å². The Hall–Kier alpha value is -2.47. The molecule has 138 valence electrons. The number of hydrogen-bond acceptors (Lipinski definition) is 4.